The predicted molar refractivity (Wildman–Crippen MR) is 97.7 cm³/mol. The molecule has 0 bridgehead atoms. The number of benzene rings is 1. The summed E-state index contributed by atoms with van der Waals surface area (Å²) in [4.78, 5) is 28.6. The van der Waals surface area contributed by atoms with Gasteiger partial charge in [0.25, 0.3) is 10.9 Å². The van der Waals surface area contributed by atoms with Gasteiger partial charge in [-0.25, -0.2) is 9.78 Å². The number of thiazole rings is 1. The lowest BCUT2D eigenvalue weighted by atomic mass is 10.1. The number of amides is 1. The van der Waals surface area contributed by atoms with Gasteiger partial charge in [-0.15, -0.1) is 0 Å². The van der Waals surface area contributed by atoms with Crippen LogP contribution < -0.4 is 4.74 Å². The van der Waals surface area contributed by atoms with Crippen LogP contribution in [0, 0.1) is 10.1 Å². The minimum Gasteiger partial charge on any atom is -0.465 e. The smallest absolute Gasteiger partial charge is 0.410 e. The number of hydrogen-bond acceptors (Lipinski definition) is 7. The van der Waals surface area contributed by atoms with Gasteiger partial charge >= 0.3 is 6.09 Å². The number of nitrogens with zero attached hydrogens (tertiary/aromatic N) is 3. The molecule has 140 valence electrons. The molecule has 9 heteroatoms. The Morgan fingerprint density at radius 1 is 1.42 bits per heavy atom. The first kappa shape index (κ1) is 18.4. The summed E-state index contributed by atoms with van der Waals surface area (Å²) in [6.07, 6.45) is 1.12. The first-order valence-corrected chi connectivity index (χ1v) is 9.22. The Bertz CT molecular complexity index is 829. The highest BCUT2D eigenvalue weighted by atomic mass is 32.1. The third-order valence-electron chi connectivity index (χ3n) is 3.86. The van der Waals surface area contributed by atoms with Crippen LogP contribution in [0.2, 0.25) is 0 Å². The van der Waals surface area contributed by atoms with Crippen LogP contribution in [0.25, 0.3) is 10.2 Å². The molecular weight excluding hydrogens is 358 g/mol. The van der Waals surface area contributed by atoms with Crippen molar-refractivity contribution in [3.05, 3.63) is 28.3 Å². The van der Waals surface area contributed by atoms with E-state index in [1.807, 2.05) is 20.8 Å². The molecule has 8 nitrogen and oxygen atoms in total. The molecule has 0 N–H and O–H groups in total. The van der Waals surface area contributed by atoms with Crippen molar-refractivity contribution in [2.45, 2.75) is 45.3 Å². The number of hydrogen-bond donors (Lipinski definition) is 0. The Kier molecular flexibility index (Phi) is 4.99. The maximum atomic E-state index is 12.2. The average Bonchev–Trinajstić information content (AvgIpc) is 2.94. The summed E-state index contributed by atoms with van der Waals surface area (Å²) in [5.74, 6) is 0. The lowest BCUT2D eigenvalue weighted by Crippen LogP contribution is -2.46. The number of fused-ring (bicyclic) bond motifs is 1. The highest BCUT2D eigenvalue weighted by Gasteiger charge is 2.29. The van der Waals surface area contributed by atoms with Crippen LogP contribution in [0.5, 0.6) is 5.19 Å². The van der Waals surface area contributed by atoms with Gasteiger partial charge in [0.05, 0.1) is 21.7 Å². The monoisotopic (exact) mass is 379 g/mol. The first-order valence-electron chi connectivity index (χ1n) is 8.41. The molecule has 1 fully saturated rings. The fraction of sp³-hybridized carbons (Fsp3) is 0.529. The molecule has 1 aromatic heterocycles. The lowest BCUT2D eigenvalue weighted by Gasteiger charge is -2.33. The van der Waals surface area contributed by atoms with Gasteiger partial charge in [0.15, 0.2) is 0 Å². The van der Waals surface area contributed by atoms with E-state index in [-0.39, 0.29) is 17.9 Å². The first-order chi connectivity index (χ1) is 12.2. The summed E-state index contributed by atoms with van der Waals surface area (Å²) in [7, 11) is 0. The second kappa shape index (κ2) is 7.06. The summed E-state index contributed by atoms with van der Waals surface area (Å²) >= 11 is 1.34. The highest BCUT2D eigenvalue weighted by Crippen LogP contribution is 2.31. The van der Waals surface area contributed by atoms with Crippen molar-refractivity contribution in [1.29, 1.82) is 0 Å². The summed E-state index contributed by atoms with van der Waals surface area (Å²) in [6.45, 7) is 6.58. The van der Waals surface area contributed by atoms with E-state index in [1.54, 1.807) is 11.0 Å². The van der Waals surface area contributed by atoms with Crippen molar-refractivity contribution >= 4 is 33.3 Å². The van der Waals surface area contributed by atoms with Crippen LogP contribution in [0.4, 0.5) is 10.5 Å². The molecule has 1 saturated heterocycles. The van der Waals surface area contributed by atoms with E-state index < -0.39 is 10.5 Å². The molecule has 2 heterocycles. The van der Waals surface area contributed by atoms with Crippen LogP contribution in [-0.4, -0.2) is 45.7 Å². The maximum absolute atomic E-state index is 12.2. The lowest BCUT2D eigenvalue weighted by molar-refractivity contribution is -0.384. The zero-order valence-electron chi connectivity index (χ0n) is 14.9. The molecule has 0 aliphatic carbocycles. The molecule has 1 aliphatic rings. The van der Waals surface area contributed by atoms with Crippen LogP contribution in [0.3, 0.4) is 0 Å². The van der Waals surface area contributed by atoms with E-state index in [9.17, 15) is 14.9 Å². The normalized spacial score (nSPS) is 18.0. The van der Waals surface area contributed by atoms with Crippen LogP contribution in [0.15, 0.2) is 18.2 Å². The Hall–Kier alpha value is -2.42. The zero-order valence-corrected chi connectivity index (χ0v) is 15.7. The summed E-state index contributed by atoms with van der Waals surface area (Å²) in [5, 5.41) is 11.3. The quantitative estimate of drug-likeness (QED) is 0.591. The molecule has 3 rings (SSSR count). The van der Waals surface area contributed by atoms with Gasteiger partial charge in [-0.1, -0.05) is 11.3 Å². The Balaban J connectivity index is 1.67. The second-order valence-corrected chi connectivity index (χ2v) is 8.19. The van der Waals surface area contributed by atoms with E-state index in [2.05, 4.69) is 4.98 Å². The molecule has 0 unspecified atom stereocenters. The summed E-state index contributed by atoms with van der Waals surface area (Å²) in [6, 6.07) is 4.56. The van der Waals surface area contributed by atoms with Gasteiger partial charge in [0.2, 0.25) is 0 Å². The molecule has 0 spiro atoms. The molecule has 0 saturated carbocycles. The third kappa shape index (κ3) is 4.40. The van der Waals surface area contributed by atoms with E-state index in [0.29, 0.717) is 23.8 Å². The van der Waals surface area contributed by atoms with Gasteiger partial charge in [-0.2, -0.15) is 0 Å². The fourth-order valence-corrected chi connectivity index (χ4v) is 3.59. The van der Waals surface area contributed by atoms with Crippen LogP contribution >= 0.6 is 11.3 Å². The number of carbonyl (C=O) groups is 1. The van der Waals surface area contributed by atoms with E-state index in [4.69, 9.17) is 9.47 Å². The van der Waals surface area contributed by atoms with Crippen molar-refractivity contribution in [3.63, 3.8) is 0 Å². The van der Waals surface area contributed by atoms with E-state index in [1.165, 1.54) is 23.5 Å². The molecule has 1 amide bonds. The fourth-order valence-electron chi connectivity index (χ4n) is 2.73. The average molecular weight is 379 g/mol. The molecule has 1 atom stereocenters. The minimum absolute atomic E-state index is 0.00289. The topological polar surface area (TPSA) is 94.8 Å². The van der Waals surface area contributed by atoms with E-state index in [0.717, 1.165) is 17.5 Å². The number of piperidine rings is 1. The van der Waals surface area contributed by atoms with Crippen molar-refractivity contribution in [2.24, 2.45) is 0 Å². The maximum Gasteiger partial charge on any atom is 0.410 e. The van der Waals surface area contributed by atoms with E-state index >= 15 is 0 Å². The number of non-ortho nitro benzene ring substituents is 1. The number of carbonyl (C=O) groups excluding carboxylic acids is 1. The number of nitro benzene ring substituents is 1. The number of likely N-dealkylation sites (tertiary alicyclic amines) is 1. The molecule has 26 heavy (non-hydrogen) atoms. The molecule has 0 radical (unpaired) electrons. The summed E-state index contributed by atoms with van der Waals surface area (Å²) in [5.41, 5.74) is 0.00855. The van der Waals surface area contributed by atoms with Gasteiger partial charge < -0.3 is 14.4 Å². The largest absolute Gasteiger partial charge is 0.465 e. The zero-order chi connectivity index (χ0) is 18.9. The molecular formula is C17H21N3O5S. The number of ether oxygens (including phenoxy) is 2. The van der Waals surface area contributed by atoms with Crippen LogP contribution in [-0.2, 0) is 4.74 Å². The standard InChI is InChI=1S/C17H21N3O5S/c1-17(2,3)25-16(21)19-8-4-5-12(10-19)24-15-18-13-9-11(20(22)23)6-7-14(13)26-15/h6-7,9,12H,4-5,8,10H2,1-3H3/t12-/m0/s1. The van der Waals surface area contributed by atoms with Gasteiger partial charge in [-0.3, -0.25) is 10.1 Å². The summed E-state index contributed by atoms with van der Waals surface area (Å²) < 4.78 is 12.2. The number of aromatic nitrogens is 1. The van der Waals surface area contributed by atoms with Crippen LogP contribution in [0.1, 0.15) is 33.6 Å². The molecule has 2 aromatic rings. The number of rotatable bonds is 3. The van der Waals surface area contributed by atoms with Crippen molar-refractivity contribution < 1.29 is 19.2 Å². The SMILES string of the molecule is CC(C)(C)OC(=O)N1CCC[C@H](Oc2nc3cc([N+](=O)[O-])ccc3s2)C1. The van der Waals surface area contributed by atoms with Crippen molar-refractivity contribution in [2.75, 3.05) is 13.1 Å². The number of nitro groups is 1. The van der Waals surface area contributed by atoms with Gasteiger partial charge in [0, 0.05) is 18.7 Å². The van der Waals surface area contributed by atoms with Crippen molar-refractivity contribution in [1.82, 2.24) is 9.88 Å². The Labute approximate surface area is 154 Å². The Morgan fingerprint density at radius 2 is 2.19 bits per heavy atom. The molecule has 1 aromatic carbocycles. The predicted octanol–water partition coefficient (Wildman–Crippen LogP) is 3.98. The Morgan fingerprint density at radius 3 is 2.88 bits per heavy atom. The highest BCUT2D eigenvalue weighted by molar-refractivity contribution is 7.20. The second-order valence-electron chi connectivity index (χ2n) is 7.20. The molecule has 1 aliphatic heterocycles. The van der Waals surface area contributed by atoms with Gasteiger partial charge in [0.1, 0.15) is 11.7 Å². The van der Waals surface area contributed by atoms with Gasteiger partial charge in [-0.05, 0) is 39.7 Å². The van der Waals surface area contributed by atoms with Crippen molar-refractivity contribution in [3.8, 4) is 5.19 Å². The third-order valence-corrected chi connectivity index (χ3v) is 4.79. The minimum atomic E-state index is -0.535.